The number of sulfone groups is 1. The lowest BCUT2D eigenvalue weighted by Gasteiger charge is -2.60. The molecule has 1 N–H and O–H groups in total. The molecule has 0 unspecified atom stereocenters. The maximum absolute atomic E-state index is 12.9. The maximum Gasteiger partial charge on any atom is 0.226 e. The number of rotatable bonds is 5. The molecule has 0 aliphatic heterocycles. The molecule has 1 amide bonds. The van der Waals surface area contributed by atoms with Crippen molar-refractivity contribution in [2.45, 2.75) is 44.1 Å². The van der Waals surface area contributed by atoms with Crippen LogP contribution in [0.15, 0.2) is 12.7 Å². The predicted octanol–water partition coefficient (Wildman–Crippen LogP) is 0.734. The van der Waals surface area contributed by atoms with Gasteiger partial charge in [0.2, 0.25) is 5.91 Å². The van der Waals surface area contributed by atoms with E-state index in [0.717, 1.165) is 32.1 Å². The van der Waals surface area contributed by atoms with Crippen LogP contribution < -0.4 is 5.32 Å². The van der Waals surface area contributed by atoms with E-state index in [2.05, 4.69) is 15.4 Å². The van der Waals surface area contributed by atoms with Gasteiger partial charge in [0.25, 0.3) is 0 Å². The smallest absolute Gasteiger partial charge is 0.226 e. The fourth-order valence-corrected chi connectivity index (χ4v) is 6.21. The Balaban J connectivity index is 1.56. The molecular weight excluding hydrogens is 328 g/mol. The number of hydrogen-bond acceptors (Lipinski definition) is 5. The van der Waals surface area contributed by atoms with Crippen molar-refractivity contribution in [3.05, 3.63) is 12.7 Å². The van der Waals surface area contributed by atoms with Crippen molar-refractivity contribution in [2.24, 2.45) is 17.3 Å². The molecule has 2 atom stereocenters. The number of nitrogens with zero attached hydrogens (tertiary/aromatic N) is 3. The minimum atomic E-state index is -3.06. The Morgan fingerprint density at radius 3 is 2.58 bits per heavy atom. The number of amides is 1. The first-order valence-electron chi connectivity index (χ1n) is 8.62. The Kier molecular flexibility index (Phi) is 3.53. The molecule has 4 saturated carbocycles. The van der Waals surface area contributed by atoms with E-state index in [0.29, 0.717) is 11.8 Å². The lowest BCUT2D eigenvalue weighted by Crippen LogP contribution is -2.61. The van der Waals surface area contributed by atoms with Crippen molar-refractivity contribution in [2.75, 3.05) is 18.6 Å². The van der Waals surface area contributed by atoms with Crippen LogP contribution in [0.2, 0.25) is 0 Å². The highest BCUT2D eigenvalue weighted by atomic mass is 32.2. The SMILES string of the molecule is CS(=O)(=O)CCNC(=O)C12C[C@H]3C[C@H](C1)CC(n1cncn1)(C3)C2. The Bertz CT molecular complexity index is 729. The summed E-state index contributed by atoms with van der Waals surface area (Å²) >= 11 is 0. The lowest BCUT2D eigenvalue weighted by molar-refractivity contribution is -0.155. The van der Waals surface area contributed by atoms with Gasteiger partial charge in [0.15, 0.2) is 0 Å². The topological polar surface area (TPSA) is 94.0 Å². The molecule has 0 spiro atoms. The van der Waals surface area contributed by atoms with Crippen LogP contribution in [0.4, 0.5) is 0 Å². The number of carbonyl (C=O) groups excluding carboxylic acids is 1. The van der Waals surface area contributed by atoms with Crippen LogP contribution in [-0.4, -0.2) is 47.6 Å². The standard InChI is InChI=1S/C16H24N4O3S/c1-24(22,23)3-2-18-14(21)15-5-12-4-13(6-15)8-16(7-12,9-15)20-11-17-10-19-20/h10-13H,2-9H2,1H3,(H,18,21)/t12-,13-,15?,16?/m1/s1. The molecule has 0 radical (unpaired) electrons. The third kappa shape index (κ3) is 2.64. The second kappa shape index (κ2) is 5.28. The summed E-state index contributed by atoms with van der Waals surface area (Å²) in [4.78, 5) is 17.1. The van der Waals surface area contributed by atoms with Crippen LogP contribution in [0, 0.1) is 17.3 Å². The first-order chi connectivity index (χ1) is 11.3. The summed E-state index contributed by atoms with van der Waals surface area (Å²) in [6.07, 6.45) is 10.5. The van der Waals surface area contributed by atoms with Gasteiger partial charge < -0.3 is 5.32 Å². The lowest BCUT2D eigenvalue weighted by atomic mass is 9.46. The molecule has 0 aromatic carbocycles. The Labute approximate surface area is 142 Å². The zero-order chi connectivity index (χ0) is 17.0. The Morgan fingerprint density at radius 2 is 2.00 bits per heavy atom. The van der Waals surface area contributed by atoms with E-state index in [1.807, 2.05) is 4.68 Å². The van der Waals surface area contributed by atoms with Crippen LogP contribution in [-0.2, 0) is 20.2 Å². The van der Waals surface area contributed by atoms with E-state index >= 15 is 0 Å². The second-order valence-electron chi connectivity index (χ2n) is 8.19. The fourth-order valence-electron chi connectivity index (χ4n) is 5.74. The average Bonchev–Trinajstić information content (AvgIpc) is 2.99. The van der Waals surface area contributed by atoms with Crippen LogP contribution >= 0.6 is 0 Å². The summed E-state index contributed by atoms with van der Waals surface area (Å²) in [6.45, 7) is 0.199. The number of aromatic nitrogens is 3. The van der Waals surface area contributed by atoms with Gasteiger partial charge in [-0.2, -0.15) is 5.10 Å². The highest BCUT2D eigenvalue weighted by Gasteiger charge is 2.61. The number of hydrogen-bond donors (Lipinski definition) is 1. The number of carbonyl (C=O) groups is 1. The molecular formula is C16H24N4O3S. The van der Waals surface area contributed by atoms with Crippen molar-refractivity contribution >= 4 is 15.7 Å². The molecule has 4 aliphatic carbocycles. The summed E-state index contributed by atoms with van der Waals surface area (Å²) in [5.41, 5.74) is -0.456. The first kappa shape index (κ1) is 16.1. The zero-order valence-corrected chi connectivity index (χ0v) is 14.8. The van der Waals surface area contributed by atoms with Gasteiger partial charge in [0, 0.05) is 12.8 Å². The molecule has 5 rings (SSSR count). The highest BCUT2D eigenvalue weighted by Crippen LogP contribution is 2.64. The molecule has 4 fully saturated rings. The van der Waals surface area contributed by atoms with Crippen LogP contribution in [0.5, 0.6) is 0 Å². The van der Waals surface area contributed by atoms with E-state index < -0.39 is 9.84 Å². The molecule has 1 aromatic rings. The van der Waals surface area contributed by atoms with Gasteiger partial charge in [0.05, 0.1) is 16.7 Å². The van der Waals surface area contributed by atoms with Gasteiger partial charge in [-0.05, 0) is 50.4 Å². The van der Waals surface area contributed by atoms with Crippen LogP contribution in [0.25, 0.3) is 0 Å². The molecule has 8 heteroatoms. The molecule has 1 heterocycles. The Hall–Kier alpha value is -1.44. The highest BCUT2D eigenvalue weighted by molar-refractivity contribution is 7.90. The molecule has 4 bridgehead atoms. The summed E-state index contributed by atoms with van der Waals surface area (Å²) in [5.74, 6) is 1.13. The maximum atomic E-state index is 12.9. The van der Waals surface area contributed by atoms with Gasteiger partial charge in [-0.1, -0.05) is 0 Å². The molecule has 4 aliphatic rings. The minimum Gasteiger partial charge on any atom is -0.355 e. The van der Waals surface area contributed by atoms with E-state index in [9.17, 15) is 13.2 Å². The predicted molar refractivity (Wildman–Crippen MR) is 87.8 cm³/mol. The average molecular weight is 352 g/mol. The van der Waals surface area contributed by atoms with Crippen molar-refractivity contribution in [3.8, 4) is 0 Å². The van der Waals surface area contributed by atoms with E-state index in [4.69, 9.17) is 0 Å². The minimum absolute atomic E-state index is 0.00407. The zero-order valence-electron chi connectivity index (χ0n) is 13.9. The fraction of sp³-hybridized carbons (Fsp3) is 0.812. The van der Waals surface area contributed by atoms with E-state index in [1.54, 1.807) is 12.7 Å². The van der Waals surface area contributed by atoms with Gasteiger partial charge in [0.1, 0.15) is 22.5 Å². The van der Waals surface area contributed by atoms with Gasteiger partial charge in [-0.25, -0.2) is 18.1 Å². The molecule has 132 valence electrons. The normalized spacial score (nSPS) is 37.5. The number of nitrogens with one attached hydrogen (secondary N) is 1. The van der Waals surface area contributed by atoms with Gasteiger partial charge in [-0.3, -0.25) is 4.79 Å². The molecule has 1 aromatic heterocycles. The monoisotopic (exact) mass is 352 g/mol. The largest absolute Gasteiger partial charge is 0.355 e. The van der Waals surface area contributed by atoms with Crippen molar-refractivity contribution in [1.29, 1.82) is 0 Å². The summed E-state index contributed by atoms with van der Waals surface area (Å²) in [6, 6.07) is 0. The summed E-state index contributed by atoms with van der Waals surface area (Å²) < 4.78 is 24.6. The molecule has 24 heavy (non-hydrogen) atoms. The third-order valence-corrected chi connectivity index (χ3v) is 7.12. The quantitative estimate of drug-likeness (QED) is 0.843. The van der Waals surface area contributed by atoms with Crippen molar-refractivity contribution in [3.63, 3.8) is 0 Å². The summed E-state index contributed by atoms with van der Waals surface area (Å²) in [7, 11) is -3.06. The first-order valence-corrected chi connectivity index (χ1v) is 10.7. The van der Waals surface area contributed by atoms with Crippen molar-refractivity contribution < 1.29 is 13.2 Å². The van der Waals surface area contributed by atoms with Gasteiger partial charge in [-0.15, -0.1) is 0 Å². The summed E-state index contributed by atoms with van der Waals surface area (Å²) in [5, 5.41) is 7.28. The van der Waals surface area contributed by atoms with Crippen LogP contribution in [0.3, 0.4) is 0 Å². The third-order valence-electron chi connectivity index (χ3n) is 6.18. The van der Waals surface area contributed by atoms with Crippen molar-refractivity contribution in [1.82, 2.24) is 20.1 Å². The van der Waals surface area contributed by atoms with Crippen LogP contribution in [0.1, 0.15) is 38.5 Å². The Morgan fingerprint density at radius 1 is 1.29 bits per heavy atom. The van der Waals surface area contributed by atoms with E-state index in [-0.39, 0.29) is 29.2 Å². The van der Waals surface area contributed by atoms with Gasteiger partial charge >= 0.3 is 0 Å². The van der Waals surface area contributed by atoms with E-state index in [1.165, 1.54) is 12.7 Å². The molecule has 0 saturated heterocycles. The molecule has 7 nitrogen and oxygen atoms in total. The second-order valence-corrected chi connectivity index (χ2v) is 10.5.